The maximum Gasteiger partial charge on any atom is 0.242 e. The highest BCUT2D eigenvalue weighted by atomic mass is 16.2. The molecule has 1 atom stereocenters. The third-order valence-electron chi connectivity index (χ3n) is 4.78. The molecule has 0 radical (unpaired) electrons. The molecule has 1 aliphatic rings. The van der Waals surface area contributed by atoms with Crippen molar-refractivity contribution < 1.29 is 9.59 Å². The molecule has 4 nitrogen and oxygen atoms in total. The lowest BCUT2D eigenvalue weighted by Gasteiger charge is -2.31. The number of carbonyl (C=O) groups is 2. The van der Waals surface area contributed by atoms with Crippen LogP contribution in [0.4, 0.5) is 0 Å². The van der Waals surface area contributed by atoms with Crippen molar-refractivity contribution in [1.29, 1.82) is 0 Å². The molecule has 1 N–H and O–H groups in total. The van der Waals surface area contributed by atoms with Gasteiger partial charge >= 0.3 is 0 Å². The quantitative estimate of drug-likeness (QED) is 0.829. The fourth-order valence-electron chi connectivity index (χ4n) is 3.29. The molecule has 4 heteroatoms. The number of nitrogens with one attached hydrogen (secondary N) is 1. The number of rotatable bonds is 7. The first-order chi connectivity index (χ1) is 11.6. The molecule has 0 aliphatic heterocycles. The number of amides is 2. The molecule has 2 amide bonds. The normalized spacial score (nSPS) is 16.4. The molecule has 0 bridgehead atoms. The van der Waals surface area contributed by atoms with E-state index in [0.29, 0.717) is 13.0 Å². The van der Waals surface area contributed by atoms with Crippen molar-refractivity contribution in [2.24, 2.45) is 0 Å². The summed E-state index contributed by atoms with van der Waals surface area (Å²) in [5.41, 5.74) is 1.05. The van der Waals surface area contributed by atoms with Gasteiger partial charge in [0.2, 0.25) is 11.8 Å². The van der Waals surface area contributed by atoms with Crippen LogP contribution in [0.2, 0.25) is 0 Å². The largest absolute Gasteiger partial charge is 0.352 e. The van der Waals surface area contributed by atoms with Crippen LogP contribution >= 0.6 is 0 Å². The Kier molecular flexibility index (Phi) is 7.29. The van der Waals surface area contributed by atoms with Crippen LogP contribution in [0.15, 0.2) is 30.3 Å². The SMILES string of the molecule is CCCC(=O)N(Cc1ccccc1)[C@@H](C)C(=O)NC1CCCCC1. The Morgan fingerprint density at radius 2 is 1.83 bits per heavy atom. The first kappa shape index (κ1) is 18.5. The summed E-state index contributed by atoms with van der Waals surface area (Å²) >= 11 is 0. The maximum absolute atomic E-state index is 12.6. The molecule has 0 heterocycles. The molecule has 1 aliphatic carbocycles. The second-order valence-corrected chi connectivity index (χ2v) is 6.78. The molecule has 24 heavy (non-hydrogen) atoms. The number of nitrogens with zero attached hydrogens (tertiary/aromatic N) is 1. The second-order valence-electron chi connectivity index (χ2n) is 6.78. The van der Waals surface area contributed by atoms with Crippen LogP contribution in [0.1, 0.15) is 64.4 Å². The highest BCUT2D eigenvalue weighted by molar-refractivity contribution is 5.87. The fraction of sp³-hybridized carbons (Fsp3) is 0.600. The minimum Gasteiger partial charge on any atom is -0.352 e. The topological polar surface area (TPSA) is 49.4 Å². The molecule has 1 aromatic rings. The lowest BCUT2D eigenvalue weighted by molar-refractivity contribution is -0.141. The van der Waals surface area contributed by atoms with Gasteiger partial charge in [-0.05, 0) is 31.7 Å². The van der Waals surface area contributed by atoms with Gasteiger partial charge in [-0.2, -0.15) is 0 Å². The van der Waals surface area contributed by atoms with Crippen LogP contribution in [0.25, 0.3) is 0 Å². The molecular weight excluding hydrogens is 300 g/mol. The zero-order valence-corrected chi connectivity index (χ0v) is 15.0. The summed E-state index contributed by atoms with van der Waals surface area (Å²) in [6.07, 6.45) is 7.01. The number of hydrogen-bond acceptors (Lipinski definition) is 2. The highest BCUT2D eigenvalue weighted by Crippen LogP contribution is 2.18. The van der Waals surface area contributed by atoms with Gasteiger partial charge in [0, 0.05) is 19.0 Å². The van der Waals surface area contributed by atoms with Crippen molar-refractivity contribution in [3.8, 4) is 0 Å². The van der Waals surface area contributed by atoms with E-state index < -0.39 is 6.04 Å². The van der Waals surface area contributed by atoms with E-state index in [2.05, 4.69) is 5.32 Å². The number of hydrogen-bond donors (Lipinski definition) is 1. The first-order valence-corrected chi connectivity index (χ1v) is 9.25. The minimum absolute atomic E-state index is 0.0257. The molecule has 0 saturated heterocycles. The minimum atomic E-state index is -0.439. The summed E-state index contributed by atoms with van der Waals surface area (Å²) in [7, 11) is 0. The molecule has 132 valence electrons. The van der Waals surface area contributed by atoms with Crippen molar-refractivity contribution in [3.05, 3.63) is 35.9 Å². The Bertz CT molecular complexity index is 524. The van der Waals surface area contributed by atoms with E-state index in [4.69, 9.17) is 0 Å². The summed E-state index contributed by atoms with van der Waals surface area (Å²) in [6, 6.07) is 9.71. The van der Waals surface area contributed by atoms with E-state index in [-0.39, 0.29) is 17.9 Å². The Morgan fingerprint density at radius 1 is 1.17 bits per heavy atom. The fourth-order valence-corrected chi connectivity index (χ4v) is 3.29. The zero-order chi connectivity index (χ0) is 17.4. The van der Waals surface area contributed by atoms with Crippen LogP contribution in [-0.2, 0) is 16.1 Å². The maximum atomic E-state index is 12.6. The van der Waals surface area contributed by atoms with Gasteiger partial charge in [0.25, 0.3) is 0 Å². The number of carbonyl (C=O) groups excluding carboxylic acids is 2. The van der Waals surface area contributed by atoms with Gasteiger partial charge < -0.3 is 10.2 Å². The Labute approximate surface area is 145 Å². The standard InChI is InChI=1S/C20H30N2O2/c1-3-10-19(23)22(15-17-11-6-4-7-12-17)16(2)20(24)21-18-13-8-5-9-14-18/h4,6-7,11-12,16,18H,3,5,8-10,13-15H2,1-2H3,(H,21,24)/t16-/m0/s1. The van der Waals surface area contributed by atoms with Gasteiger partial charge in [-0.1, -0.05) is 56.5 Å². The average Bonchev–Trinajstić information content (AvgIpc) is 2.61. The molecule has 0 aromatic heterocycles. The van der Waals surface area contributed by atoms with E-state index in [9.17, 15) is 9.59 Å². The predicted molar refractivity (Wildman–Crippen MR) is 96.4 cm³/mol. The van der Waals surface area contributed by atoms with Gasteiger partial charge in [0.1, 0.15) is 6.04 Å². The average molecular weight is 330 g/mol. The van der Waals surface area contributed by atoms with E-state index in [1.54, 1.807) is 4.90 Å². The van der Waals surface area contributed by atoms with Crippen LogP contribution in [0.5, 0.6) is 0 Å². The molecule has 1 saturated carbocycles. The molecule has 0 spiro atoms. The van der Waals surface area contributed by atoms with Gasteiger partial charge in [-0.15, -0.1) is 0 Å². The van der Waals surface area contributed by atoms with E-state index in [1.165, 1.54) is 19.3 Å². The van der Waals surface area contributed by atoms with E-state index in [1.807, 2.05) is 44.2 Å². The summed E-state index contributed by atoms with van der Waals surface area (Å²) in [6.45, 7) is 4.32. The highest BCUT2D eigenvalue weighted by Gasteiger charge is 2.27. The van der Waals surface area contributed by atoms with Crippen LogP contribution in [0.3, 0.4) is 0 Å². The molecule has 1 aromatic carbocycles. The summed E-state index contributed by atoms with van der Waals surface area (Å²) in [4.78, 5) is 26.9. The van der Waals surface area contributed by atoms with Gasteiger partial charge in [-0.25, -0.2) is 0 Å². The Hall–Kier alpha value is -1.84. The lowest BCUT2D eigenvalue weighted by atomic mass is 9.95. The molecule has 0 unspecified atom stereocenters. The monoisotopic (exact) mass is 330 g/mol. The van der Waals surface area contributed by atoms with Crippen molar-refractivity contribution in [1.82, 2.24) is 10.2 Å². The van der Waals surface area contributed by atoms with Crippen LogP contribution < -0.4 is 5.32 Å². The Balaban J connectivity index is 2.03. The van der Waals surface area contributed by atoms with Crippen molar-refractivity contribution in [3.63, 3.8) is 0 Å². The van der Waals surface area contributed by atoms with Crippen LogP contribution in [-0.4, -0.2) is 28.8 Å². The van der Waals surface area contributed by atoms with E-state index in [0.717, 1.165) is 24.8 Å². The van der Waals surface area contributed by atoms with Crippen molar-refractivity contribution in [2.45, 2.75) is 77.4 Å². The lowest BCUT2D eigenvalue weighted by Crippen LogP contribution is -2.50. The molecule has 1 fully saturated rings. The van der Waals surface area contributed by atoms with Crippen molar-refractivity contribution in [2.75, 3.05) is 0 Å². The summed E-state index contributed by atoms with van der Waals surface area (Å²) < 4.78 is 0. The Morgan fingerprint density at radius 3 is 2.46 bits per heavy atom. The second kappa shape index (κ2) is 9.45. The first-order valence-electron chi connectivity index (χ1n) is 9.25. The van der Waals surface area contributed by atoms with E-state index >= 15 is 0 Å². The summed E-state index contributed by atoms with van der Waals surface area (Å²) in [5.74, 6) is 0.0231. The van der Waals surface area contributed by atoms with Crippen molar-refractivity contribution >= 4 is 11.8 Å². The van der Waals surface area contributed by atoms with Gasteiger partial charge in [-0.3, -0.25) is 9.59 Å². The molecular formula is C20H30N2O2. The predicted octanol–water partition coefficient (Wildman–Crippen LogP) is 3.65. The number of benzene rings is 1. The third kappa shape index (κ3) is 5.36. The zero-order valence-electron chi connectivity index (χ0n) is 15.0. The summed E-state index contributed by atoms with van der Waals surface area (Å²) in [5, 5.41) is 3.15. The van der Waals surface area contributed by atoms with Gasteiger partial charge in [0.15, 0.2) is 0 Å². The van der Waals surface area contributed by atoms with Crippen LogP contribution in [0, 0.1) is 0 Å². The van der Waals surface area contributed by atoms with Gasteiger partial charge in [0.05, 0.1) is 0 Å². The third-order valence-corrected chi connectivity index (χ3v) is 4.78. The smallest absolute Gasteiger partial charge is 0.242 e. The molecule has 2 rings (SSSR count).